The van der Waals surface area contributed by atoms with Gasteiger partial charge in [0.15, 0.2) is 6.29 Å². The molecule has 1 heterocycles. The Kier molecular flexibility index (Phi) is 27.2. The zero-order chi connectivity index (χ0) is 35.3. The highest BCUT2D eigenvalue weighted by Crippen LogP contribution is 2.40. The third-order valence-corrected chi connectivity index (χ3v) is 11.7. The molecular formula is C46H88NO2+. The fraction of sp³-hybridized carbons (Fsp3) is 0.913. The molecule has 0 spiro atoms. The smallest absolute Gasteiger partial charge is 0.161 e. The molecule has 0 bridgehead atoms. The summed E-state index contributed by atoms with van der Waals surface area (Å²) in [7, 11) is 6.98. The minimum absolute atomic E-state index is 0.0535. The molecule has 0 radical (unpaired) electrons. The average molecular weight is 687 g/mol. The standard InChI is InChI=1S/C46H88NO2/c1-6-8-10-12-14-16-18-20-22-24-26-28-30-32-34-36-38-42(46-48-44-40-43(47(3,4)5)41-45(44)49-46)39-37-35-33-31-29-27-25-23-21-19-17-15-13-11-9-7-2/h14,16,20,22,42-46H,6-13,15,17-19,21,23-41H2,1-5H3/q+1. The molecule has 2 rings (SSSR count). The number of ether oxygens (including phenoxy) is 2. The third kappa shape index (κ3) is 22.8. The van der Waals surface area contributed by atoms with E-state index in [4.69, 9.17) is 9.47 Å². The van der Waals surface area contributed by atoms with Crippen LogP contribution in [-0.4, -0.2) is 50.2 Å². The molecule has 2 aliphatic rings. The van der Waals surface area contributed by atoms with Crippen LogP contribution in [-0.2, 0) is 9.47 Å². The zero-order valence-electron chi connectivity index (χ0n) is 34.1. The molecule has 1 saturated carbocycles. The Balaban J connectivity index is 1.55. The predicted molar refractivity (Wildman–Crippen MR) is 216 cm³/mol. The zero-order valence-corrected chi connectivity index (χ0v) is 34.1. The lowest BCUT2D eigenvalue weighted by Gasteiger charge is -2.32. The minimum atomic E-state index is 0.0535. The summed E-state index contributed by atoms with van der Waals surface area (Å²) in [6.45, 7) is 4.58. The summed E-state index contributed by atoms with van der Waals surface area (Å²) in [6.07, 6.45) is 53.9. The predicted octanol–water partition coefficient (Wildman–Crippen LogP) is 14.4. The number of unbranched alkanes of at least 4 members (excludes halogenated alkanes) is 24. The Labute approximate surface area is 308 Å². The second-order valence-electron chi connectivity index (χ2n) is 17.2. The number of nitrogens with zero attached hydrogens (tertiary/aromatic N) is 1. The van der Waals surface area contributed by atoms with Gasteiger partial charge in [0.25, 0.3) is 0 Å². The summed E-state index contributed by atoms with van der Waals surface area (Å²) in [4.78, 5) is 0. The highest BCUT2D eigenvalue weighted by molar-refractivity contribution is 4.93. The van der Waals surface area contributed by atoms with Gasteiger partial charge in [0.1, 0.15) is 0 Å². The third-order valence-electron chi connectivity index (χ3n) is 11.7. The summed E-state index contributed by atoms with van der Waals surface area (Å²) < 4.78 is 14.4. The largest absolute Gasteiger partial charge is 0.346 e. The van der Waals surface area contributed by atoms with E-state index in [1.165, 1.54) is 199 Å². The molecule has 0 aromatic heterocycles. The van der Waals surface area contributed by atoms with Gasteiger partial charge in [-0.2, -0.15) is 0 Å². The van der Waals surface area contributed by atoms with Crippen molar-refractivity contribution in [2.75, 3.05) is 21.1 Å². The van der Waals surface area contributed by atoms with E-state index < -0.39 is 0 Å². The van der Waals surface area contributed by atoms with Crippen molar-refractivity contribution in [3.05, 3.63) is 24.3 Å². The topological polar surface area (TPSA) is 18.5 Å². The van der Waals surface area contributed by atoms with Gasteiger partial charge < -0.3 is 14.0 Å². The lowest BCUT2D eigenvalue weighted by atomic mass is 9.93. The molecule has 0 N–H and O–H groups in total. The van der Waals surface area contributed by atoms with E-state index in [0.717, 1.165) is 10.9 Å². The van der Waals surface area contributed by atoms with E-state index in [1.54, 1.807) is 0 Å². The molecule has 2 fully saturated rings. The Morgan fingerprint density at radius 2 is 0.816 bits per heavy atom. The Morgan fingerprint density at radius 1 is 0.469 bits per heavy atom. The first-order valence-electron chi connectivity index (χ1n) is 22.4. The summed E-state index contributed by atoms with van der Waals surface area (Å²) in [6, 6.07) is 0.669. The summed E-state index contributed by atoms with van der Waals surface area (Å²) in [5.41, 5.74) is 0. The van der Waals surface area contributed by atoms with Crippen molar-refractivity contribution in [2.24, 2.45) is 5.92 Å². The number of quaternary nitrogens is 1. The summed E-state index contributed by atoms with van der Waals surface area (Å²) in [5.74, 6) is 0.589. The van der Waals surface area contributed by atoms with Crippen LogP contribution in [0.3, 0.4) is 0 Å². The minimum Gasteiger partial charge on any atom is -0.346 e. The normalized spacial score (nSPS) is 21.8. The van der Waals surface area contributed by atoms with Gasteiger partial charge >= 0.3 is 0 Å². The van der Waals surface area contributed by atoms with Crippen molar-refractivity contribution < 1.29 is 14.0 Å². The number of rotatable bonds is 34. The second kappa shape index (κ2) is 29.9. The Hall–Kier alpha value is -0.640. The highest BCUT2D eigenvalue weighted by atomic mass is 16.7. The number of allylic oxidation sites excluding steroid dienone is 4. The van der Waals surface area contributed by atoms with E-state index in [-0.39, 0.29) is 6.29 Å². The molecule has 0 amide bonds. The van der Waals surface area contributed by atoms with Crippen molar-refractivity contribution >= 4 is 0 Å². The van der Waals surface area contributed by atoms with E-state index in [2.05, 4.69) is 59.3 Å². The Morgan fingerprint density at radius 3 is 1.22 bits per heavy atom. The number of hydrogen-bond acceptors (Lipinski definition) is 2. The van der Waals surface area contributed by atoms with Crippen LogP contribution in [0.2, 0.25) is 0 Å². The lowest BCUT2D eigenvalue weighted by Crippen LogP contribution is -2.44. The van der Waals surface area contributed by atoms with Crippen molar-refractivity contribution in [2.45, 2.75) is 244 Å². The van der Waals surface area contributed by atoms with Crippen LogP contribution in [0.15, 0.2) is 24.3 Å². The van der Waals surface area contributed by atoms with Crippen LogP contribution in [0, 0.1) is 5.92 Å². The monoisotopic (exact) mass is 687 g/mol. The molecule has 288 valence electrons. The highest BCUT2D eigenvalue weighted by Gasteiger charge is 2.49. The molecule has 49 heavy (non-hydrogen) atoms. The van der Waals surface area contributed by atoms with Crippen LogP contribution in [0.5, 0.6) is 0 Å². The van der Waals surface area contributed by atoms with Crippen molar-refractivity contribution in [1.29, 1.82) is 0 Å². The maximum absolute atomic E-state index is 6.69. The second-order valence-corrected chi connectivity index (χ2v) is 17.2. The van der Waals surface area contributed by atoms with Crippen molar-refractivity contribution in [3.63, 3.8) is 0 Å². The first-order valence-corrected chi connectivity index (χ1v) is 22.4. The van der Waals surface area contributed by atoms with E-state index in [9.17, 15) is 0 Å². The first-order chi connectivity index (χ1) is 24.0. The molecule has 1 saturated heterocycles. The first kappa shape index (κ1) is 44.5. The van der Waals surface area contributed by atoms with Crippen LogP contribution >= 0.6 is 0 Å². The van der Waals surface area contributed by atoms with E-state index >= 15 is 0 Å². The van der Waals surface area contributed by atoms with Crippen LogP contribution < -0.4 is 0 Å². The fourth-order valence-electron chi connectivity index (χ4n) is 8.22. The lowest BCUT2D eigenvalue weighted by molar-refractivity contribution is -0.895. The van der Waals surface area contributed by atoms with Gasteiger partial charge in [-0.25, -0.2) is 0 Å². The Bertz CT molecular complexity index is 770. The molecular weight excluding hydrogens is 599 g/mol. The van der Waals surface area contributed by atoms with Gasteiger partial charge in [-0.3, -0.25) is 0 Å². The van der Waals surface area contributed by atoms with Gasteiger partial charge in [0.05, 0.1) is 39.4 Å². The fourth-order valence-corrected chi connectivity index (χ4v) is 8.22. The molecule has 1 aliphatic heterocycles. The molecule has 3 nitrogen and oxygen atoms in total. The van der Waals surface area contributed by atoms with Crippen LogP contribution in [0.1, 0.15) is 219 Å². The molecule has 3 heteroatoms. The quantitative estimate of drug-likeness (QED) is 0.0381. The maximum Gasteiger partial charge on any atom is 0.161 e. The van der Waals surface area contributed by atoms with Crippen LogP contribution in [0.25, 0.3) is 0 Å². The van der Waals surface area contributed by atoms with Crippen molar-refractivity contribution in [3.8, 4) is 0 Å². The number of fused-ring (bicyclic) bond motifs is 1. The maximum atomic E-state index is 6.69. The SMILES string of the molecule is CCCCCC=CCC=CCCCCCCCCC(CCCCCCCCCCCCCCCCCC)C1OC2CC([N+](C)(C)C)CC2O1. The molecule has 3 atom stereocenters. The molecule has 3 unspecified atom stereocenters. The van der Waals surface area contributed by atoms with Gasteiger partial charge in [0, 0.05) is 18.8 Å². The van der Waals surface area contributed by atoms with Gasteiger partial charge in [-0.05, 0) is 44.9 Å². The average Bonchev–Trinajstić information content (AvgIpc) is 3.67. The number of hydrogen-bond donors (Lipinski definition) is 0. The molecule has 0 aromatic carbocycles. The van der Waals surface area contributed by atoms with E-state index in [1.807, 2.05) is 0 Å². The van der Waals surface area contributed by atoms with E-state index in [0.29, 0.717) is 24.2 Å². The van der Waals surface area contributed by atoms with Gasteiger partial charge in [0.2, 0.25) is 0 Å². The van der Waals surface area contributed by atoms with Gasteiger partial charge in [-0.15, -0.1) is 0 Å². The van der Waals surface area contributed by atoms with Crippen LogP contribution in [0.4, 0.5) is 0 Å². The van der Waals surface area contributed by atoms with Crippen molar-refractivity contribution in [1.82, 2.24) is 0 Å². The molecule has 0 aromatic rings. The molecule has 1 aliphatic carbocycles. The summed E-state index contributed by atoms with van der Waals surface area (Å²) in [5, 5.41) is 0. The summed E-state index contributed by atoms with van der Waals surface area (Å²) >= 11 is 0. The van der Waals surface area contributed by atoms with Gasteiger partial charge in [-0.1, -0.05) is 186 Å².